The van der Waals surface area contributed by atoms with Crippen molar-refractivity contribution in [2.45, 2.75) is 38.4 Å². The fourth-order valence-corrected chi connectivity index (χ4v) is 1.70. The Morgan fingerprint density at radius 2 is 1.94 bits per heavy atom. The van der Waals surface area contributed by atoms with E-state index in [0.717, 1.165) is 12.0 Å². The molecule has 90 valence electrons. The number of benzene rings is 1. The number of methoxy groups -OCH3 is 1. The lowest BCUT2D eigenvalue weighted by Crippen LogP contribution is -2.41. The molecule has 2 nitrogen and oxygen atoms in total. The maximum atomic E-state index is 10.1. The number of ether oxygens (including phenoxy) is 1. The van der Waals surface area contributed by atoms with E-state index in [2.05, 4.69) is 0 Å². The van der Waals surface area contributed by atoms with Crippen LogP contribution in [0.5, 0.6) is 0 Å². The quantitative estimate of drug-likeness (QED) is 0.860. The van der Waals surface area contributed by atoms with Crippen molar-refractivity contribution in [2.75, 3.05) is 7.11 Å². The van der Waals surface area contributed by atoms with Gasteiger partial charge in [0.2, 0.25) is 0 Å². The molecule has 0 fully saturated rings. The summed E-state index contributed by atoms with van der Waals surface area (Å²) in [4.78, 5) is 0. The average Bonchev–Trinajstić information content (AvgIpc) is 2.31. The number of halogens is 1. The highest BCUT2D eigenvalue weighted by Gasteiger charge is 2.30. The van der Waals surface area contributed by atoms with E-state index in [4.69, 9.17) is 16.3 Å². The second-order valence-corrected chi connectivity index (χ2v) is 4.65. The van der Waals surface area contributed by atoms with E-state index < -0.39 is 11.7 Å². The lowest BCUT2D eigenvalue weighted by molar-refractivity contribution is -0.0914. The van der Waals surface area contributed by atoms with Crippen molar-refractivity contribution < 1.29 is 9.84 Å². The zero-order chi connectivity index (χ0) is 12.2. The van der Waals surface area contributed by atoms with Crippen molar-refractivity contribution in [3.8, 4) is 0 Å². The molecule has 1 aromatic carbocycles. The first-order chi connectivity index (χ1) is 7.51. The fourth-order valence-electron chi connectivity index (χ4n) is 1.58. The molecule has 0 saturated heterocycles. The molecule has 2 atom stereocenters. The lowest BCUT2D eigenvalue weighted by atomic mass is 9.91. The minimum Gasteiger partial charge on any atom is -0.390 e. The summed E-state index contributed by atoms with van der Waals surface area (Å²) in [5.41, 5.74) is 0.577. The summed E-state index contributed by atoms with van der Waals surface area (Å²) in [6, 6.07) is 7.52. The second kappa shape index (κ2) is 5.67. The Labute approximate surface area is 102 Å². The van der Waals surface area contributed by atoms with Crippen LogP contribution in [-0.4, -0.2) is 23.9 Å². The summed E-state index contributed by atoms with van der Waals surface area (Å²) in [7, 11) is 1.63. The third kappa shape index (κ3) is 3.21. The van der Waals surface area contributed by atoms with Crippen LogP contribution in [-0.2, 0) is 11.2 Å². The molecular formula is C13H19ClO2. The zero-order valence-corrected chi connectivity index (χ0v) is 10.8. The molecule has 0 amide bonds. The Balaban J connectivity index is 2.70. The SMILES string of the molecule is CCC(C)(OC)C(O)Cc1ccc(Cl)cc1. The molecule has 0 aromatic heterocycles. The number of rotatable bonds is 5. The molecule has 2 unspecified atom stereocenters. The summed E-state index contributed by atoms with van der Waals surface area (Å²) in [6.45, 7) is 3.93. The highest BCUT2D eigenvalue weighted by Crippen LogP contribution is 2.22. The van der Waals surface area contributed by atoms with Crippen molar-refractivity contribution in [1.29, 1.82) is 0 Å². The maximum Gasteiger partial charge on any atom is 0.0909 e. The predicted molar refractivity (Wildman–Crippen MR) is 66.9 cm³/mol. The van der Waals surface area contributed by atoms with Crippen LogP contribution in [0, 0.1) is 0 Å². The van der Waals surface area contributed by atoms with Crippen LogP contribution in [0.15, 0.2) is 24.3 Å². The van der Waals surface area contributed by atoms with Gasteiger partial charge in [-0.2, -0.15) is 0 Å². The van der Waals surface area contributed by atoms with Gasteiger partial charge in [0.25, 0.3) is 0 Å². The Bertz CT molecular complexity index is 317. The molecule has 0 radical (unpaired) electrons. The van der Waals surface area contributed by atoms with Gasteiger partial charge < -0.3 is 9.84 Å². The number of aliphatic hydroxyl groups is 1. The third-order valence-corrected chi connectivity index (χ3v) is 3.47. The van der Waals surface area contributed by atoms with E-state index in [9.17, 15) is 5.11 Å². The van der Waals surface area contributed by atoms with E-state index in [1.165, 1.54) is 0 Å². The van der Waals surface area contributed by atoms with Gasteiger partial charge in [0.05, 0.1) is 11.7 Å². The van der Waals surface area contributed by atoms with Gasteiger partial charge in [0.15, 0.2) is 0 Å². The van der Waals surface area contributed by atoms with Gasteiger partial charge in [-0.05, 0) is 31.0 Å². The molecule has 0 aliphatic rings. The van der Waals surface area contributed by atoms with Crippen molar-refractivity contribution in [3.63, 3.8) is 0 Å². The molecule has 3 heteroatoms. The van der Waals surface area contributed by atoms with Gasteiger partial charge in [-0.1, -0.05) is 30.7 Å². The Morgan fingerprint density at radius 1 is 1.38 bits per heavy atom. The Kier molecular flexibility index (Phi) is 4.78. The smallest absolute Gasteiger partial charge is 0.0909 e. The predicted octanol–water partition coefficient (Wildman–Crippen LogP) is 3.06. The second-order valence-electron chi connectivity index (χ2n) is 4.22. The fraction of sp³-hybridized carbons (Fsp3) is 0.538. The van der Waals surface area contributed by atoms with Gasteiger partial charge in [-0.3, -0.25) is 0 Å². The number of hydrogen-bond acceptors (Lipinski definition) is 2. The van der Waals surface area contributed by atoms with Crippen molar-refractivity contribution >= 4 is 11.6 Å². The molecule has 1 aromatic rings. The van der Waals surface area contributed by atoms with Crippen LogP contribution in [0.4, 0.5) is 0 Å². The largest absolute Gasteiger partial charge is 0.390 e. The standard InChI is InChI=1S/C13H19ClO2/c1-4-13(2,16-3)12(15)9-10-5-7-11(14)8-6-10/h5-8,12,15H,4,9H2,1-3H3. The van der Waals surface area contributed by atoms with Crippen molar-refractivity contribution in [1.82, 2.24) is 0 Å². The number of hydrogen-bond donors (Lipinski definition) is 1. The van der Waals surface area contributed by atoms with Crippen LogP contribution >= 0.6 is 11.6 Å². The minimum absolute atomic E-state index is 0.486. The topological polar surface area (TPSA) is 29.5 Å². The van der Waals surface area contributed by atoms with Gasteiger partial charge >= 0.3 is 0 Å². The van der Waals surface area contributed by atoms with Crippen LogP contribution < -0.4 is 0 Å². The molecule has 0 spiro atoms. The molecule has 0 heterocycles. The minimum atomic E-state index is -0.510. The molecule has 0 aliphatic carbocycles. The molecule has 1 rings (SSSR count). The summed E-state index contributed by atoms with van der Waals surface area (Å²) in [5, 5.41) is 10.8. The highest BCUT2D eigenvalue weighted by atomic mass is 35.5. The van der Waals surface area contributed by atoms with Crippen LogP contribution in [0.3, 0.4) is 0 Å². The van der Waals surface area contributed by atoms with Crippen LogP contribution in [0.25, 0.3) is 0 Å². The Hall–Kier alpha value is -0.570. The normalized spacial score (nSPS) is 16.8. The van der Waals surface area contributed by atoms with Gasteiger partial charge in [0.1, 0.15) is 0 Å². The van der Waals surface area contributed by atoms with E-state index in [1.54, 1.807) is 7.11 Å². The van der Waals surface area contributed by atoms with Crippen LogP contribution in [0.2, 0.25) is 5.02 Å². The highest BCUT2D eigenvalue weighted by molar-refractivity contribution is 6.30. The third-order valence-electron chi connectivity index (χ3n) is 3.22. The first kappa shape index (κ1) is 13.5. The van der Waals surface area contributed by atoms with Crippen LogP contribution in [0.1, 0.15) is 25.8 Å². The number of aliphatic hydroxyl groups excluding tert-OH is 1. The summed E-state index contributed by atoms with van der Waals surface area (Å²) in [6.07, 6.45) is 0.844. The monoisotopic (exact) mass is 242 g/mol. The summed E-state index contributed by atoms with van der Waals surface area (Å²) < 4.78 is 5.37. The molecule has 16 heavy (non-hydrogen) atoms. The van der Waals surface area contributed by atoms with Gasteiger partial charge in [-0.25, -0.2) is 0 Å². The average molecular weight is 243 g/mol. The molecule has 1 N–H and O–H groups in total. The van der Waals surface area contributed by atoms with Gasteiger partial charge in [0, 0.05) is 18.6 Å². The summed E-state index contributed by atoms with van der Waals surface area (Å²) >= 11 is 5.81. The molecule has 0 saturated carbocycles. The van der Waals surface area contributed by atoms with E-state index >= 15 is 0 Å². The summed E-state index contributed by atoms with van der Waals surface area (Å²) in [5.74, 6) is 0. The maximum absolute atomic E-state index is 10.1. The van der Waals surface area contributed by atoms with Crippen molar-refractivity contribution in [3.05, 3.63) is 34.9 Å². The van der Waals surface area contributed by atoms with E-state index in [0.29, 0.717) is 11.4 Å². The van der Waals surface area contributed by atoms with Gasteiger partial charge in [-0.15, -0.1) is 0 Å². The molecule has 0 bridgehead atoms. The first-order valence-electron chi connectivity index (χ1n) is 5.49. The van der Waals surface area contributed by atoms with E-state index in [1.807, 2.05) is 38.1 Å². The lowest BCUT2D eigenvalue weighted by Gasteiger charge is -2.32. The zero-order valence-electron chi connectivity index (χ0n) is 10.0. The Morgan fingerprint density at radius 3 is 2.38 bits per heavy atom. The van der Waals surface area contributed by atoms with E-state index in [-0.39, 0.29) is 0 Å². The van der Waals surface area contributed by atoms with Crippen molar-refractivity contribution in [2.24, 2.45) is 0 Å². The first-order valence-corrected chi connectivity index (χ1v) is 5.87. The molecule has 0 aliphatic heterocycles. The molecular weight excluding hydrogens is 224 g/mol.